The summed E-state index contributed by atoms with van der Waals surface area (Å²) in [5.74, 6) is 0. The van der Waals surface area contributed by atoms with Crippen LogP contribution in [0.15, 0.2) is 6.20 Å². The van der Waals surface area contributed by atoms with Gasteiger partial charge in [0.1, 0.15) is 0 Å². The van der Waals surface area contributed by atoms with Crippen molar-refractivity contribution in [1.82, 2.24) is 15.5 Å². The molecular weight excluding hydrogens is 194 g/mol. The van der Waals surface area contributed by atoms with Crippen molar-refractivity contribution in [2.75, 3.05) is 20.3 Å². The Kier molecular flexibility index (Phi) is 5.31. The van der Waals surface area contributed by atoms with Gasteiger partial charge in [0.05, 0.1) is 18.9 Å². The first-order chi connectivity index (χ1) is 7.24. The molecule has 0 aliphatic rings. The first-order valence-electron chi connectivity index (χ1n) is 5.10. The number of hydrogen-bond acceptors (Lipinski definition) is 4. The summed E-state index contributed by atoms with van der Waals surface area (Å²) >= 11 is 0. The van der Waals surface area contributed by atoms with Gasteiger partial charge in [-0.25, -0.2) is 0 Å². The van der Waals surface area contributed by atoms with Crippen molar-refractivity contribution in [3.8, 4) is 0 Å². The SMILES string of the molecule is COCC(O)CCNCc1cn[nH]c1C. The number of H-pyrrole nitrogens is 1. The number of nitrogens with zero attached hydrogens (tertiary/aromatic N) is 1. The lowest BCUT2D eigenvalue weighted by Crippen LogP contribution is -2.23. The van der Waals surface area contributed by atoms with Crippen molar-refractivity contribution in [3.05, 3.63) is 17.5 Å². The van der Waals surface area contributed by atoms with Gasteiger partial charge >= 0.3 is 0 Å². The number of aliphatic hydroxyl groups excluding tert-OH is 1. The van der Waals surface area contributed by atoms with E-state index in [0.29, 0.717) is 13.0 Å². The number of aromatic nitrogens is 2. The summed E-state index contributed by atoms with van der Waals surface area (Å²) in [4.78, 5) is 0. The molecule has 0 bridgehead atoms. The minimum Gasteiger partial charge on any atom is -0.391 e. The van der Waals surface area contributed by atoms with Crippen LogP contribution in [-0.4, -0.2) is 41.7 Å². The maximum Gasteiger partial charge on any atom is 0.0785 e. The molecule has 5 heteroatoms. The molecule has 1 heterocycles. The fraction of sp³-hybridized carbons (Fsp3) is 0.700. The van der Waals surface area contributed by atoms with Crippen LogP contribution in [0.4, 0.5) is 0 Å². The molecule has 1 aromatic rings. The number of aliphatic hydroxyl groups is 1. The molecule has 0 saturated carbocycles. The lowest BCUT2D eigenvalue weighted by atomic mass is 10.2. The van der Waals surface area contributed by atoms with Crippen LogP contribution in [0.3, 0.4) is 0 Å². The summed E-state index contributed by atoms with van der Waals surface area (Å²) in [6.45, 7) is 3.94. The highest BCUT2D eigenvalue weighted by atomic mass is 16.5. The zero-order valence-electron chi connectivity index (χ0n) is 9.29. The highest BCUT2D eigenvalue weighted by molar-refractivity contribution is 5.13. The summed E-state index contributed by atoms with van der Waals surface area (Å²) in [5.41, 5.74) is 2.25. The van der Waals surface area contributed by atoms with E-state index in [4.69, 9.17) is 4.74 Å². The van der Waals surface area contributed by atoms with Gasteiger partial charge in [-0.05, 0) is 19.9 Å². The molecule has 0 radical (unpaired) electrons. The third-order valence-electron chi connectivity index (χ3n) is 2.26. The Labute approximate surface area is 89.8 Å². The summed E-state index contributed by atoms with van der Waals surface area (Å²) < 4.78 is 4.83. The predicted molar refractivity (Wildman–Crippen MR) is 57.5 cm³/mol. The Morgan fingerprint density at radius 3 is 3.07 bits per heavy atom. The quantitative estimate of drug-likeness (QED) is 0.566. The molecule has 0 spiro atoms. The third-order valence-corrected chi connectivity index (χ3v) is 2.26. The van der Waals surface area contributed by atoms with E-state index in [2.05, 4.69) is 15.5 Å². The number of rotatable bonds is 7. The van der Waals surface area contributed by atoms with Crippen molar-refractivity contribution in [2.24, 2.45) is 0 Å². The number of nitrogens with one attached hydrogen (secondary N) is 2. The van der Waals surface area contributed by atoms with Crippen molar-refractivity contribution >= 4 is 0 Å². The van der Waals surface area contributed by atoms with E-state index >= 15 is 0 Å². The largest absolute Gasteiger partial charge is 0.391 e. The van der Waals surface area contributed by atoms with Crippen molar-refractivity contribution < 1.29 is 9.84 Å². The molecule has 0 amide bonds. The molecule has 0 saturated heterocycles. The lowest BCUT2D eigenvalue weighted by Gasteiger charge is -2.09. The van der Waals surface area contributed by atoms with Crippen LogP contribution in [-0.2, 0) is 11.3 Å². The number of aromatic amines is 1. The number of methoxy groups -OCH3 is 1. The smallest absolute Gasteiger partial charge is 0.0785 e. The highest BCUT2D eigenvalue weighted by Gasteiger charge is 2.03. The summed E-state index contributed by atoms with van der Waals surface area (Å²) in [6, 6.07) is 0. The second kappa shape index (κ2) is 6.55. The molecule has 1 atom stereocenters. The Morgan fingerprint density at radius 1 is 1.67 bits per heavy atom. The number of aryl methyl sites for hydroxylation is 1. The number of hydrogen-bond donors (Lipinski definition) is 3. The van der Waals surface area contributed by atoms with Crippen molar-refractivity contribution in [3.63, 3.8) is 0 Å². The summed E-state index contributed by atoms with van der Waals surface area (Å²) in [7, 11) is 1.59. The third kappa shape index (κ3) is 4.42. The summed E-state index contributed by atoms with van der Waals surface area (Å²) in [6.07, 6.45) is 2.13. The average molecular weight is 213 g/mol. The predicted octanol–water partition coefficient (Wildman–Crippen LogP) is 0.205. The van der Waals surface area contributed by atoms with Gasteiger partial charge in [-0.2, -0.15) is 5.10 Å². The van der Waals surface area contributed by atoms with Gasteiger partial charge in [-0.3, -0.25) is 5.10 Å². The van der Waals surface area contributed by atoms with Gasteiger partial charge in [0.15, 0.2) is 0 Å². The van der Waals surface area contributed by atoms with E-state index < -0.39 is 0 Å². The minimum atomic E-state index is -0.382. The zero-order chi connectivity index (χ0) is 11.1. The molecule has 1 unspecified atom stereocenters. The lowest BCUT2D eigenvalue weighted by molar-refractivity contribution is 0.0594. The normalized spacial score (nSPS) is 13.0. The van der Waals surface area contributed by atoms with E-state index in [1.54, 1.807) is 7.11 Å². The van der Waals surface area contributed by atoms with E-state index in [1.165, 1.54) is 0 Å². The molecule has 0 aliphatic carbocycles. The first kappa shape index (κ1) is 12.2. The zero-order valence-corrected chi connectivity index (χ0v) is 9.29. The van der Waals surface area contributed by atoms with Crippen molar-refractivity contribution in [2.45, 2.75) is 26.0 Å². The Hall–Kier alpha value is -0.910. The Morgan fingerprint density at radius 2 is 2.47 bits per heavy atom. The molecule has 86 valence electrons. The van der Waals surface area contributed by atoms with Gasteiger partial charge in [0.25, 0.3) is 0 Å². The molecule has 1 rings (SSSR count). The van der Waals surface area contributed by atoms with Gasteiger partial charge in [0.2, 0.25) is 0 Å². The average Bonchev–Trinajstić information content (AvgIpc) is 2.60. The van der Waals surface area contributed by atoms with E-state index in [-0.39, 0.29) is 6.10 Å². The van der Waals surface area contributed by atoms with Crippen LogP contribution < -0.4 is 5.32 Å². The van der Waals surface area contributed by atoms with Crippen LogP contribution in [0.1, 0.15) is 17.7 Å². The fourth-order valence-corrected chi connectivity index (χ4v) is 1.32. The molecule has 1 aromatic heterocycles. The number of ether oxygens (including phenoxy) is 1. The van der Waals surface area contributed by atoms with E-state index in [9.17, 15) is 5.11 Å². The molecule has 0 aromatic carbocycles. The van der Waals surface area contributed by atoms with Gasteiger partial charge in [-0.15, -0.1) is 0 Å². The first-order valence-corrected chi connectivity index (χ1v) is 5.10. The van der Waals surface area contributed by atoms with E-state index in [1.807, 2.05) is 13.1 Å². The second-order valence-corrected chi connectivity index (χ2v) is 3.59. The topological polar surface area (TPSA) is 70.2 Å². The highest BCUT2D eigenvalue weighted by Crippen LogP contribution is 2.01. The maximum absolute atomic E-state index is 9.38. The molecule has 3 N–H and O–H groups in total. The van der Waals surface area contributed by atoms with Crippen LogP contribution in [0, 0.1) is 6.92 Å². The molecular formula is C10H19N3O2. The monoisotopic (exact) mass is 213 g/mol. The van der Waals surface area contributed by atoms with E-state index in [0.717, 1.165) is 24.3 Å². The molecule has 5 nitrogen and oxygen atoms in total. The van der Waals surface area contributed by atoms with Gasteiger partial charge < -0.3 is 15.2 Å². The van der Waals surface area contributed by atoms with Crippen LogP contribution in [0.25, 0.3) is 0 Å². The van der Waals surface area contributed by atoms with Crippen LogP contribution in [0.2, 0.25) is 0 Å². The van der Waals surface area contributed by atoms with Gasteiger partial charge in [-0.1, -0.05) is 0 Å². The molecule has 0 fully saturated rings. The Balaban J connectivity index is 2.09. The van der Waals surface area contributed by atoms with Gasteiger partial charge in [0, 0.05) is 24.9 Å². The molecule has 0 aliphatic heterocycles. The minimum absolute atomic E-state index is 0.382. The van der Waals surface area contributed by atoms with Crippen LogP contribution in [0.5, 0.6) is 0 Å². The second-order valence-electron chi connectivity index (χ2n) is 3.59. The standard InChI is InChI=1S/C10H19N3O2/c1-8-9(6-12-13-8)5-11-4-3-10(14)7-15-2/h6,10-11,14H,3-5,7H2,1-2H3,(H,12,13). The Bertz CT molecular complexity index is 275. The van der Waals surface area contributed by atoms with Crippen LogP contribution >= 0.6 is 0 Å². The molecule has 15 heavy (non-hydrogen) atoms. The van der Waals surface area contributed by atoms with Crippen molar-refractivity contribution in [1.29, 1.82) is 0 Å². The summed E-state index contributed by atoms with van der Waals surface area (Å²) in [5, 5.41) is 19.4. The fourth-order valence-electron chi connectivity index (χ4n) is 1.32. The maximum atomic E-state index is 9.38.